The van der Waals surface area contributed by atoms with Crippen LogP contribution in [0.25, 0.3) is 11.3 Å². The van der Waals surface area contributed by atoms with E-state index in [1.54, 1.807) is 58.2 Å². The first kappa shape index (κ1) is 48.1. The van der Waals surface area contributed by atoms with E-state index in [9.17, 15) is 24.3 Å². The quantitative estimate of drug-likeness (QED) is 0.122. The van der Waals surface area contributed by atoms with Crippen molar-refractivity contribution < 1.29 is 48.0 Å². The number of rotatable bonds is 14. The molecule has 2 aliphatic heterocycles. The standard InChI is InChI=1S/C44H69N5O10/c1-13-35-44(8,56-12)39(49(26-50)20-15-14-19-48-24-33(46-25-48)32-17-16-18-45-23-32)29(4)36(51)27(2)22-43(7,55-11)40(30(5)37(52)31(6)41(54)58-35)59-42-38(53)34(47(9)10)21-28(3)57-42/h16-18,23-31,34-35,38-40,42,53H,13-15,19-22H2,1-12H3/t27-,28-,29+,30+,31-,34+,35-,38-,39?,40-,42+,43-,44-/m1/s1. The Morgan fingerprint density at radius 3 is 2.34 bits per heavy atom. The van der Waals surface area contributed by atoms with Gasteiger partial charge in [-0.05, 0) is 86.0 Å². The highest BCUT2D eigenvalue weighted by atomic mass is 16.7. The molecule has 1 N–H and O–H groups in total. The van der Waals surface area contributed by atoms with Crippen molar-refractivity contribution in [2.45, 2.75) is 148 Å². The molecule has 0 saturated carbocycles. The molecule has 15 nitrogen and oxygen atoms in total. The number of pyridine rings is 1. The maximum atomic E-state index is 14.8. The Kier molecular flexibility index (Phi) is 16.9. The van der Waals surface area contributed by atoms with Crippen LogP contribution in [0, 0.1) is 23.7 Å². The number of methoxy groups -OCH3 is 2. The van der Waals surface area contributed by atoms with Gasteiger partial charge in [0.1, 0.15) is 29.5 Å². The third-order valence-corrected chi connectivity index (χ3v) is 12.9. The van der Waals surface area contributed by atoms with Gasteiger partial charge in [-0.3, -0.25) is 24.2 Å². The van der Waals surface area contributed by atoms with Crippen molar-refractivity contribution in [1.82, 2.24) is 24.3 Å². The number of likely N-dealkylation sites (N-methyl/N-ethyl adjacent to an activating group) is 1. The van der Waals surface area contributed by atoms with Gasteiger partial charge in [0, 0.05) is 75.3 Å². The molecule has 2 aliphatic rings. The number of imidazole rings is 1. The number of carbonyl (C=O) groups excluding carboxylic acids is 4. The zero-order chi connectivity index (χ0) is 43.8. The number of aromatic nitrogens is 3. The fourth-order valence-corrected chi connectivity index (χ4v) is 9.27. The molecule has 15 heteroatoms. The van der Waals surface area contributed by atoms with E-state index < -0.39 is 77.3 Å². The molecule has 1 unspecified atom stereocenters. The van der Waals surface area contributed by atoms with Crippen LogP contribution in [0.4, 0.5) is 0 Å². The number of esters is 1. The summed E-state index contributed by atoms with van der Waals surface area (Å²) in [7, 11) is 6.72. The summed E-state index contributed by atoms with van der Waals surface area (Å²) in [5.41, 5.74) is -0.913. The number of carbonyl (C=O) groups is 4. The van der Waals surface area contributed by atoms with E-state index in [2.05, 4.69) is 9.97 Å². The Hall–Kier alpha value is -3.60. The highest BCUT2D eigenvalue weighted by Crippen LogP contribution is 2.40. The second-order valence-corrected chi connectivity index (χ2v) is 17.3. The van der Waals surface area contributed by atoms with Crippen LogP contribution in [0.15, 0.2) is 37.1 Å². The molecule has 0 bridgehead atoms. The molecule has 1 amide bonds. The van der Waals surface area contributed by atoms with Crippen LogP contribution >= 0.6 is 0 Å². The van der Waals surface area contributed by atoms with E-state index in [-0.39, 0.29) is 30.8 Å². The lowest BCUT2D eigenvalue weighted by Gasteiger charge is -2.49. The Balaban J connectivity index is 1.68. The lowest BCUT2D eigenvalue weighted by molar-refractivity contribution is -0.295. The first-order chi connectivity index (χ1) is 27.9. The van der Waals surface area contributed by atoms with Gasteiger partial charge < -0.3 is 43.2 Å². The van der Waals surface area contributed by atoms with Gasteiger partial charge in [-0.1, -0.05) is 27.7 Å². The van der Waals surface area contributed by atoms with Crippen LogP contribution in [0.3, 0.4) is 0 Å². The monoisotopic (exact) mass is 828 g/mol. The number of Topliss-reactive ketones (excluding diaryl/α,β-unsaturated/α-hetero) is 2. The van der Waals surface area contributed by atoms with Crippen LogP contribution in [0.2, 0.25) is 0 Å². The van der Waals surface area contributed by atoms with Gasteiger partial charge in [0.15, 0.2) is 12.1 Å². The average molecular weight is 828 g/mol. The lowest BCUT2D eigenvalue weighted by Crippen LogP contribution is -2.64. The molecular weight excluding hydrogens is 759 g/mol. The summed E-state index contributed by atoms with van der Waals surface area (Å²) in [5, 5.41) is 11.5. The number of hydrogen-bond acceptors (Lipinski definition) is 13. The molecule has 0 radical (unpaired) electrons. The van der Waals surface area contributed by atoms with E-state index in [1.807, 2.05) is 55.7 Å². The van der Waals surface area contributed by atoms with E-state index >= 15 is 0 Å². The molecule has 0 spiro atoms. The summed E-state index contributed by atoms with van der Waals surface area (Å²) < 4.78 is 33.4. The Morgan fingerprint density at radius 1 is 1.03 bits per heavy atom. The van der Waals surface area contributed by atoms with E-state index in [0.717, 1.165) is 17.7 Å². The summed E-state index contributed by atoms with van der Waals surface area (Å²) in [6, 6.07) is 2.66. The van der Waals surface area contributed by atoms with E-state index in [4.69, 9.17) is 23.7 Å². The number of aliphatic hydroxyl groups excluding tert-OH is 1. The molecule has 0 aliphatic carbocycles. The molecule has 2 fully saturated rings. The Bertz CT molecular complexity index is 1690. The van der Waals surface area contributed by atoms with Crippen LogP contribution in [-0.4, -0.2) is 142 Å². The number of unbranched alkanes of at least 4 members (excludes halogenated alkanes) is 1. The Labute approximate surface area is 350 Å². The van der Waals surface area contributed by atoms with Crippen molar-refractivity contribution in [3.63, 3.8) is 0 Å². The summed E-state index contributed by atoms with van der Waals surface area (Å²) >= 11 is 0. The lowest BCUT2D eigenvalue weighted by atomic mass is 9.73. The molecule has 4 rings (SSSR count). The fourth-order valence-electron chi connectivity index (χ4n) is 9.27. The predicted octanol–water partition coefficient (Wildman–Crippen LogP) is 4.58. The maximum absolute atomic E-state index is 14.8. The number of aliphatic hydroxyl groups is 1. The number of cyclic esters (lactones) is 1. The van der Waals surface area contributed by atoms with Gasteiger partial charge in [0.2, 0.25) is 6.41 Å². The van der Waals surface area contributed by atoms with E-state index in [1.165, 1.54) is 21.1 Å². The number of ketones is 2. The van der Waals surface area contributed by atoms with Crippen LogP contribution in [0.5, 0.6) is 0 Å². The summed E-state index contributed by atoms with van der Waals surface area (Å²) in [6.07, 6.45) is 5.75. The zero-order valence-electron chi connectivity index (χ0n) is 37.2. The predicted molar refractivity (Wildman–Crippen MR) is 221 cm³/mol. The number of aryl methyl sites for hydroxylation is 1. The first-order valence-corrected chi connectivity index (χ1v) is 21.0. The van der Waals surface area contributed by atoms with E-state index in [0.29, 0.717) is 32.4 Å². The third-order valence-electron chi connectivity index (χ3n) is 12.9. The number of amides is 1. The largest absolute Gasteiger partial charge is 0.459 e. The van der Waals surface area contributed by atoms with Crippen molar-refractivity contribution in [3.8, 4) is 11.3 Å². The second-order valence-electron chi connectivity index (χ2n) is 17.3. The van der Waals surface area contributed by atoms with Gasteiger partial charge in [-0.2, -0.15) is 0 Å². The topological polar surface area (TPSA) is 172 Å². The van der Waals surface area contributed by atoms with Gasteiger partial charge in [0.05, 0.1) is 35.9 Å². The van der Waals surface area contributed by atoms with Gasteiger partial charge in [-0.25, -0.2) is 4.98 Å². The molecule has 2 aromatic rings. The van der Waals surface area contributed by atoms with Crippen LogP contribution in [0.1, 0.15) is 87.5 Å². The Morgan fingerprint density at radius 2 is 1.75 bits per heavy atom. The molecule has 59 heavy (non-hydrogen) atoms. The minimum Gasteiger partial charge on any atom is -0.459 e. The fraction of sp³-hybridized carbons (Fsp3) is 0.727. The number of nitrogens with zero attached hydrogens (tertiary/aromatic N) is 5. The SMILES string of the molecule is CC[C@H]1OC(=O)[C@H](C)C(=O)[C@H](C)[C@@H](O[C@@H]2O[C@H](C)C[C@H](N(C)C)[C@H]2O)[C@](C)(OC)C[C@@H](C)C(=O)[C@H](C)C(N(C=O)CCCCn2cnc(-c3cccnc3)c2)[C@]1(C)OC. The van der Waals surface area contributed by atoms with Crippen molar-refractivity contribution >= 4 is 23.9 Å². The maximum Gasteiger partial charge on any atom is 0.316 e. The minimum atomic E-state index is -1.36. The summed E-state index contributed by atoms with van der Waals surface area (Å²) in [5.74, 6) is -5.03. The van der Waals surface area contributed by atoms with Crippen molar-refractivity contribution in [3.05, 3.63) is 37.1 Å². The molecule has 2 saturated heterocycles. The third kappa shape index (κ3) is 10.8. The molecule has 13 atom stereocenters. The van der Waals surface area contributed by atoms with Crippen LogP contribution < -0.4 is 0 Å². The first-order valence-electron chi connectivity index (χ1n) is 21.0. The molecule has 4 heterocycles. The number of hydrogen-bond donors (Lipinski definition) is 1. The van der Waals surface area contributed by atoms with Crippen LogP contribution in [-0.2, 0) is 49.4 Å². The van der Waals surface area contributed by atoms with Gasteiger partial charge >= 0.3 is 5.97 Å². The smallest absolute Gasteiger partial charge is 0.316 e. The van der Waals surface area contributed by atoms with Gasteiger partial charge in [-0.15, -0.1) is 0 Å². The second kappa shape index (κ2) is 20.8. The average Bonchev–Trinajstić information content (AvgIpc) is 3.71. The zero-order valence-corrected chi connectivity index (χ0v) is 37.2. The van der Waals surface area contributed by atoms with Crippen molar-refractivity contribution in [1.29, 1.82) is 0 Å². The highest BCUT2D eigenvalue weighted by molar-refractivity contribution is 6.00. The summed E-state index contributed by atoms with van der Waals surface area (Å²) in [6.45, 7) is 15.0. The van der Waals surface area contributed by atoms with Gasteiger partial charge in [0.25, 0.3) is 0 Å². The van der Waals surface area contributed by atoms with Crippen molar-refractivity contribution in [2.24, 2.45) is 23.7 Å². The normalized spacial score (nSPS) is 35.3. The van der Waals surface area contributed by atoms with Crippen molar-refractivity contribution in [2.75, 3.05) is 34.9 Å². The minimum absolute atomic E-state index is 0.115. The highest BCUT2D eigenvalue weighted by Gasteiger charge is 2.54. The molecule has 2 aromatic heterocycles. The summed E-state index contributed by atoms with van der Waals surface area (Å²) in [4.78, 5) is 68.5. The number of ether oxygens (including phenoxy) is 5. The molecule has 0 aromatic carbocycles. The molecule has 330 valence electrons. The molecular formula is C44H69N5O10.